The van der Waals surface area contributed by atoms with E-state index in [9.17, 15) is 9.50 Å². The van der Waals surface area contributed by atoms with Crippen LogP contribution in [-0.2, 0) is 6.61 Å². The molecule has 108 valence electrons. The minimum Gasteiger partial charge on any atom is -0.488 e. The fourth-order valence-corrected chi connectivity index (χ4v) is 2.02. The van der Waals surface area contributed by atoms with Crippen molar-refractivity contribution >= 4 is 0 Å². The molecular weight excluding hydrogens is 269 g/mol. The average molecular weight is 285 g/mol. The van der Waals surface area contributed by atoms with Gasteiger partial charge in [-0.2, -0.15) is 5.26 Å². The highest BCUT2D eigenvalue weighted by atomic mass is 19.1. The second kappa shape index (κ2) is 6.38. The first-order chi connectivity index (χ1) is 10.0. The first-order valence-electron chi connectivity index (χ1n) is 6.61. The van der Waals surface area contributed by atoms with E-state index in [2.05, 4.69) is 0 Å². The molecule has 0 aliphatic rings. The molecule has 3 nitrogen and oxygen atoms in total. The number of aliphatic hydroxyl groups excluding tert-OH is 1. The van der Waals surface area contributed by atoms with E-state index < -0.39 is 11.9 Å². The highest BCUT2D eigenvalue weighted by Crippen LogP contribution is 2.27. The van der Waals surface area contributed by atoms with E-state index in [0.29, 0.717) is 16.9 Å². The molecule has 2 aromatic rings. The molecule has 0 aliphatic carbocycles. The van der Waals surface area contributed by atoms with Gasteiger partial charge in [0.1, 0.15) is 18.2 Å². The normalized spacial score (nSPS) is 11.8. The van der Waals surface area contributed by atoms with Crippen LogP contribution in [0.2, 0.25) is 0 Å². The van der Waals surface area contributed by atoms with Gasteiger partial charge in [0.15, 0.2) is 0 Å². The molecule has 0 aromatic heterocycles. The van der Waals surface area contributed by atoms with Gasteiger partial charge in [-0.3, -0.25) is 0 Å². The molecule has 0 saturated carbocycles. The molecule has 2 aromatic carbocycles. The van der Waals surface area contributed by atoms with E-state index >= 15 is 0 Å². The van der Waals surface area contributed by atoms with Gasteiger partial charge in [-0.1, -0.05) is 17.7 Å². The van der Waals surface area contributed by atoms with Gasteiger partial charge in [-0.15, -0.1) is 0 Å². The van der Waals surface area contributed by atoms with Crippen LogP contribution < -0.4 is 4.74 Å². The van der Waals surface area contributed by atoms with E-state index in [4.69, 9.17) is 10.00 Å². The van der Waals surface area contributed by atoms with E-state index in [-0.39, 0.29) is 12.2 Å². The van der Waals surface area contributed by atoms with Gasteiger partial charge in [0.05, 0.1) is 17.7 Å². The second-order valence-corrected chi connectivity index (χ2v) is 4.92. The van der Waals surface area contributed by atoms with Crippen molar-refractivity contribution in [1.82, 2.24) is 0 Å². The average Bonchev–Trinajstić information content (AvgIpc) is 2.46. The largest absolute Gasteiger partial charge is 0.488 e. The standard InChI is InChI=1S/C17H16FNO2/c1-11-3-6-17(15(7-11)12(2)20)21-10-14-5-4-13(9-19)8-16(14)18/h3-8,12,20H,10H2,1-2H3. The van der Waals surface area contributed by atoms with Gasteiger partial charge in [0.25, 0.3) is 0 Å². The molecule has 0 aliphatic heterocycles. The van der Waals surface area contributed by atoms with Crippen molar-refractivity contribution in [2.45, 2.75) is 26.6 Å². The molecule has 1 N–H and O–H groups in total. The van der Waals surface area contributed by atoms with Crippen LogP contribution in [0.25, 0.3) is 0 Å². The van der Waals surface area contributed by atoms with Crippen molar-refractivity contribution in [3.05, 3.63) is 64.5 Å². The summed E-state index contributed by atoms with van der Waals surface area (Å²) >= 11 is 0. The van der Waals surface area contributed by atoms with Crippen LogP contribution in [0, 0.1) is 24.1 Å². The minimum atomic E-state index is -0.661. The lowest BCUT2D eigenvalue weighted by molar-refractivity contribution is 0.189. The third-order valence-electron chi connectivity index (χ3n) is 3.18. The first-order valence-corrected chi connectivity index (χ1v) is 6.61. The van der Waals surface area contributed by atoms with Crippen molar-refractivity contribution in [2.24, 2.45) is 0 Å². The van der Waals surface area contributed by atoms with Crippen molar-refractivity contribution in [1.29, 1.82) is 5.26 Å². The lowest BCUT2D eigenvalue weighted by atomic mass is 10.1. The molecule has 0 radical (unpaired) electrons. The summed E-state index contributed by atoms with van der Waals surface area (Å²) in [5.74, 6) is 0.0547. The predicted molar refractivity (Wildman–Crippen MR) is 77.3 cm³/mol. The van der Waals surface area contributed by atoms with Crippen LogP contribution in [0.3, 0.4) is 0 Å². The summed E-state index contributed by atoms with van der Waals surface area (Å²) in [4.78, 5) is 0. The first kappa shape index (κ1) is 15.0. The Morgan fingerprint density at radius 2 is 2.05 bits per heavy atom. The summed E-state index contributed by atoms with van der Waals surface area (Å²) in [6.45, 7) is 3.63. The zero-order valence-corrected chi connectivity index (χ0v) is 11.9. The Kier molecular flexibility index (Phi) is 4.56. The smallest absolute Gasteiger partial charge is 0.131 e. The SMILES string of the molecule is Cc1ccc(OCc2ccc(C#N)cc2F)c(C(C)O)c1. The summed E-state index contributed by atoms with van der Waals surface area (Å²) < 4.78 is 19.4. The fourth-order valence-electron chi connectivity index (χ4n) is 2.02. The van der Waals surface area contributed by atoms with Crippen LogP contribution in [0.5, 0.6) is 5.75 Å². The monoisotopic (exact) mass is 285 g/mol. The Morgan fingerprint density at radius 3 is 2.67 bits per heavy atom. The van der Waals surface area contributed by atoms with Gasteiger partial charge < -0.3 is 9.84 Å². The van der Waals surface area contributed by atoms with Crippen LogP contribution in [-0.4, -0.2) is 5.11 Å². The number of nitrogens with zero attached hydrogens (tertiary/aromatic N) is 1. The Morgan fingerprint density at radius 1 is 1.29 bits per heavy atom. The predicted octanol–water partition coefficient (Wildman–Crippen LogP) is 3.64. The van der Waals surface area contributed by atoms with Crippen LogP contribution in [0.4, 0.5) is 4.39 Å². The number of nitriles is 1. The maximum atomic E-state index is 13.8. The number of rotatable bonds is 4. The number of hydrogen-bond acceptors (Lipinski definition) is 3. The van der Waals surface area contributed by atoms with E-state index in [1.807, 2.05) is 25.1 Å². The van der Waals surface area contributed by atoms with Gasteiger partial charge in [-0.25, -0.2) is 4.39 Å². The third-order valence-corrected chi connectivity index (χ3v) is 3.18. The molecule has 1 unspecified atom stereocenters. The third kappa shape index (κ3) is 3.59. The molecule has 1 atom stereocenters. The van der Waals surface area contributed by atoms with Gasteiger partial charge in [0, 0.05) is 11.1 Å². The van der Waals surface area contributed by atoms with E-state index in [1.165, 1.54) is 12.1 Å². The Bertz CT molecular complexity index is 690. The molecule has 4 heteroatoms. The van der Waals surface area contributed by atoms with E-state index in [0.717, 1.165) is 5.56 Å². The molecule has 0 spiro atoms. The molecule has 0 heterocycles. The molecule has 0 amide bonds. The molecule has 0 saturated heterocycles. The van der Waals surface area contributed by atoms with Crippen LogP contribution in [0.1, 0.15) is 35.3 Å². The van der Waals surface area contributed by atoms with Crippen molar-refractivity contribution in [3.63, 3.8) is 0 Å². The Labute approximate surface area is 123 Å². The van der Waals surface area contributed by atoms with Crippen LogP contribution >= 0.6 is 0 Å². The second-order valence-electron chi connectivity index (χ2n) is 4.92. The van der Waals surface area contributed by atoms with Crippen molar-refractivity contribution < 1.29 is 14.2 Å². The lowest BCUT2D eigenvalue weighted by Crippen LogP contribution is -2.03. The Hall–Kier alpha value is -2.38. The van der Waals surface area contributed by atoms with Gasteiger partial charge in [0.2, 0.25) is 0 Å². The zero-order chi connectivity index (χ0) is 15.4. The van der Waals surface area contributed by atoms with Gasteiger partial charge >= 0.3 is 0 Å². The fraction of sp³-hybridized carbons (Fsp3) is 0.235. The van der Waals surface area contributed by atoms with Crippen molar-refractivity contribution in [3.8, 4) is 11.8 Å². The zero-order valence-electron chi connectivity index (χ0n) is 11.9. The summed E-state index contributed by atoms with van der Waals surface area (Å²) in [6, 6.07) is 11.6. The molecule has 21 heavy (non-hydrogen) atoms. The molecule has 2 rings (SSSR count). The molecular formula is C17H16FNO2. The molecule has 0 fully saturated rings. The van der Waals surface area contributed by atoms with Crippen molar-refractivity contribution in [2.75, 3.05) is 0 Å². The number of benzene rings is 2. The Balaban J connectivity index is 2.19. The van der Waals surface area contributed by atoms with E-state index in [1.54, 1.807) is 19.1 Å². The summed E-state index contributed by atoms with van der Waals surface area (Å²) in [5, 5.41) is 18.5. The maximum absolute atomic E-state index is 13.8. The lowest BCUT2D eigenvalue weighted by Gasteiger charge is -2.14. The topological polar surface area (TPSA) is 53.2 Å². The number of aliphatic hydroxyl groups is 1. The number of ether oxygens (including phenoxy) is 1. The molecule has 0 bridgehead atoms. The highest BCUT2D eigenvalue weighted by Gasteiger charge is 2.11. The number of hydrogen-bond donors (Lipinski definition) is 1. The van der Waals surface area contributed by atoms with Gasteiger partial charge in [-0.05, 0) is 38.1 Å². The highest BCUT2D eigenvalue weighted by molar-refractivity contribution is 5.39. The summed E-state index contributed by atoms with van der Waals surface area (Å²) in [6.07, 6.45) is -0.661. The summed E-state index contributed by atoms with van der Waals surface area (Å²) in [7, 11) is 0. The minimum absolute atomic E-state index is 0.0420. The number of halogens is 1. The maximum Gasteiger partial charge on any atom is 0.131 e. The summed E-state index contributed by atoms with van der Waals surface area (Å²) in [5.41, 5.74) is 2.33. The number of aryl methyl sites for hydroxylation is 1. The van der Waals surface area contributed by atoms with Crippen LogP contribution in [0.15, 0.2) is 36.4 Å². The quantitative estimate of drug-likeness (QED) is 0.933.